The number of rotatable bonds is 2. The molecule has 2 aromatic rings. The highest BCUT2D eigenvalue weighted by molar-refractivity contribution is 5.92. The summed E-state index contributed by atoms with van der Waals surface area (Å²) in [4.78, 5) is 4.52. The first kappa shape index (κ1) is 15.4. The molecule has 114 valence electrons. The summed E-state index contributed by atoms with van der Waals surface area (Å²) in [7, 11) is 1.72. The minimum absolute atomic E-state index is 0.152. The Labute approximate surface area is 121 Å². The Morgan fingerprint density at radius 1 is 1.10 bits per heavy atom. The highest BCUT2D eigenvalue weighted by Crippen LogP contribution is 2.32. The molecular weight excluding hydrogens is 281 g/mol. The molecule has 0 unspecified atom stereocenters. The lowest BCUT2D eigenvalue weighted by Gasteiger charge is -2.20. The average Bonchev–Trinajstić information content (AvgIpc) is 2.34. The highest BCUT2D eigenvalue weighted by atomic mass is 19.4. The maximum Gasteiger partial charge on any atom is 0.573 e. The monoisotopic (exact) mass is 298 g/mol. The van der Waals surface area contributed by atoms with Crippen LogP contribution in [0.5, 0.6) is 5.75 Å². The molecule has 0 bridgehead atoms. The number of alkyl halides is 3. The van der Waals surface area contributed by atoms with Gasteiger partial charge in [-0.15, -0.1) is 13.2 Å². The average molecular weight is 298 g/mol. The number of aromatic nitrogens is 1. The molecule has 1 aromatic carbocycles. The largest absolute Gasteiger partial charge is 0.573 e. The molecule has 21 heavy (non-hydrogen) atoms. The minimum Gasteiger partial charge on any atom is -0.406 e. The molecule has 1 N–H and O–H groups in total. The van der Waals surface area contributed by atoms with Gasteiger partial charge in [-0.2, -0.15) is 0 Å². The van der Waals surface area contributed by atoms with Crippen molar-refractivity contribution < 1.29 is 17.9 Å². The number of anilines is 1. The normalized spacial score (nSPS) is 12.5. The van der Waals surface area contributed by atoms with Crippen LogP contribution in [0.3, 0.4) is 0 Å². The van der Waals surface area contributed by atoms with Crippen LogP contribution in [0.25, 0.3) is 10.9 Å². The third-order valence-electron chi connectivity index (χ3n) is 3.05. The quantitative estimate of drug-likeness (QED) is 0.888. The second-order valence-corrected chi connectivity index (χ2v) is 5.78. The molecule has 0 aliphatic rings. The molecule has 2 rings (SSSR count). The van der Waals surface area contributed by atoms with Gasteiger partial charge < -0.3 is 10.1 Å². The summed E-state index contributed by atoms with van der Waals surface area (Å²) in [5, 5.41) is 3.59. The first-order valence-corrected chi connectivity index (χ1v) is 6.49. The van der Waals surface area contributed by atoms with Gasteiger partial charge in [-0.25, -0.2) is 0 Å². The van der Waals surface area contributed by atoms with Gasteiger partial charge in [-0.05, 0) is 24.3 Å². The minimum atomic E-state index is -4.70. The van der Waals surface area contributed by atoms with Crippen molar-refractivity contribution in [3.05, 3.63) is 30.0 Å². The second kappa shape index (κ2) is 5.09. The number of nitrogens with zero attached hydrogens (tertiary/aromatic N) is 1. The van der Waals surface area contributed by atoms with Gasteiger partial charge in [0.15, 0.2) is 0 Å². The van der Waals surface area contributed by atoms with Crippen LogP contribution in [0, 0.1) is 0 Å². The van der Waals surface area contributed by atoms with Crippen LogP contribution in [0.4, 0.5) is 18.9 Å². The smallest absolute Gasteiger partial charge is 0.406 e. The van der Waals surface area contributed by atoms with E-state index in [1.165, 1.54) is 18.2 Å². The van der Waals surface area contributed by atoms with Crippen molar-refractivity contribution in [3.8, 4) is 5.75 Å². The summed E-state index contributed by atoms with van der Waals surface area (Å²) in [5.74, 6) is -0.253. The zero-order valence-electron chi connectivity index (χ0n) is 12.3. The summed E-state index contributed by atoms with van der Waals surface area (Å²) >= 11 is 0. The summed E-state index contributed by atoms with van der Waals surface area (Å²) in [6.07, 6.45) is -4.70. The Balaban J connectivity index is 2.57. The summed E-state index contributed by atoms with van der Waals surface area (Å²) in [5.41, 5.74) is 2.06. The van der Waals surface area contributed by atoms with Crippen LogP contribution in [-0.4, -0.2) is 18.4 Å². The number of halogens is 3. The maximum absolute atomic E-state index is 12.3. The molecule has 0 saturated heterocycles. The number of hydrogen-bond donors (Lipinski definition) is 1. The number of benzene rings is 1. The molecule has 0 fully saturated rings. The van der Waals surface area contributed by atoms with Gasteiger partial charge in [-0.1, -0.05) is 20.8 Å². The third-order valence-corrected chi connectivity index (χ3v) is 3.05. The lowest BCUT2D eigenvalue weighted by Crippen LogP contribution is -2.17. The summed E-state index contributed by atoms with van der Waals surface area (Å²) in [6, 6.07) is 6.00. The highest BCUT2D eigenvalue weighted by Gasteiger charge is 2.31. The SMILES string of the molecule is CNc1cc(C(C)(C)C)nc2ccc(OC(F)(F)F)cc12. The van der Waals surface area contributed by atoms with Crippen LogP contribution < -0.4 is 10.1 Å². The fraction of sp³-hybridized carbons (Fsp3) is 0.400. The molecule has 1 heterocycles. The molecule has 0 atom stereocenters. The van der Waals surface area contributed by atoms with E-state index in [1.807, 2.05) is 26.8 Å². The number of fused-ring (bicyclic) bond motifs is 1. The van der Waals surface area contributed by atoms with Crippen molar-refractivity contribution in [2.75, 3.05) is 12.4 Å². The van der Waals surface area contributed by atoms with Crippen molar-refractivity contribution in [2.45, 2.75) is 32.5 Å². The first-order chi connectivity index (χ1) is 9.60. The van der Waals surface area contributed by atoms with Gasteiger partial charge in [0, 0.05) is 29.2 Å². The Morgan fingerprint density at radius 3 is 2.29 bits per heavy atom. The van der Waals surface area contributed by atoms with Crippen molar-refractivity contribution in [3.63, 3.8) is 0 Å². The van der Waals surface area contributed by atoms with E-state index in [0.717, 1.165) is 11.4 Å². The molecule has 0 radical (unpaired) electrons. The molecule has 0 spiro atoms. The predicted molar refractivity (Wildman–Crippen MR) is 76.7 cm³/mol. The van der Waals surface area contributed by atoms with Crippen LogP contribution in [0.15, 0.2) is 24.3 Å². The second-order valence-electron chi connectivity index (χ2n) is 5.78. The number of hydrogen-bond acceptors (Lipinski definition) is 3. The molecule has 6 heteroatoms. The van der Waals surface area contributed by atoms with E-state index in [2.05, 4.69) is 15.0 Å². The Kier molecular flexibility index (Phi) is 3.74. The zero-order valence-corrected chi connectivity index (χ0v) is 12.3. The fourth-order valence-electron chi connectivity index (χ4n) is 1.99. The Hall–Kier alpha value is -1.98. The van der Waals surface area contributed by atoms with Gasteiger partial charge in [0.05, 0.1) is 5.52 Å². The van der Waals surface area contributed by atoms with E-state index in [4.69, 9.17) is 0 Å². The molecular formula is C15H17F3N2O. The fourth-order valence-corrected chi connectivity index (χ4v) is 1.99. The molecule has 0 saturated carbocycles. The van der Waals surface area contributed by atoms with Gasteiger partial charge in [0.1, 0.15) is 5.75 Å². The number of pyridine rings is 1. The van der Waals surface area contributed by atoms with Gasteiger partial charge >= 0.3 is 6.36 Å². The lowest BCUT2D eigenvalue weighted by atomic mass is 9.90. The van der Waals surface area contributed by atoms with Gasteiger partial charge in [0.2, 0.25) is 0 Å². The Morgan fingerprint density at radius 2 is 1.76 bits per heavy atom. The van der Waals surface area contributed by atoms with Gasteiger partial charge in [-0.3, -0.25) is 4.98 Å². The van der Waals surface area contributed by atoms with E-state index < -0.39 is 6.36 Å². The lowest BCUT2D eigenvalue weighted by molar-refractivity contribution is -0.274. The van der Waals surface area contributed by atoms with Crippen molar-refractivity contribution >= 4 is 16.6 Å². The van der Waals surface area contributed by atoms with E-state index >= 15 is 0 Å². The third kappa shape index (κ3) is 3.56. The molecule has 0 aliphatic heterocycles. The van der Waals surface area contributed by atoms with E-state index in [9.17, 15) is 13.2 Å². The number of nitrogens with one attached hydrogen (secondary N) is 1. The van der Waals surface area contributed by atoms with Crippen molar-refractivity contribution in [1.29, 1.82) is 0 Å². The maximum atomic E-state index is 12.3. The summed E-state index contributed by atoms with van der Waals surface area (Å²) in [6.45, 7) is 6.09. The molecule has 0 aliphatic carbocycles. The van der Waals surface area contributed by atoms with E-state index in [-0.39, 0.29) is 11.2 Å². The zero-order chi connectivity index (χ0) is 15.8. The van der Waals surface area contributed by atoms with Crippen molar-refractivity contribution in [2.24, 2.45) is 0 Å². The molecule has 3 nitrogen and oxygen atoms in total. The number of ether oxygens (including phenoxy) is 1. The summed E-state index contributed by atoms with van der Waals surface area (Å²) < 4.78 is 40.8. The van der Waals surface area contributed by atoms with Crippen LogP contribution >= 0.6 is 0 Å². The van der Waals surface area contributed by atoms with Crippen molar-refractivity contribution in [1.82, 2.24) is 4.98 Å². The van der Waals surface area contributed by atoms with Gasteiger partial charge in [0.25, 0.3) is 0 Å². The van der Waals surface area contributed by atoms with Crippen LogP contribution in [0.2, 0.25) is 0 Å². The standard InChI is InChI=1S/C15H17F3N2O/c1-14(2,3)13-8-12(19-4)10-7-9(21-15(16,17)18)5-6-11(10)20-13/h5-8H,1-4H3,(H,19,20). The topological polar surface area (TPSA) is 34.2 Å². The Bertz CT molecular complexity index is 660. The van der Waals surface area contributed by atoms with E-state index in [0.29, 0.717) is 10.9 Å². The molecule has 1 aromatic heterocycles. The van der Waals surface area contributed by atoms with Crippen LogP contribution in [-0.2, 0) is 5.41 Å². The molecule has 0 amide bonds. The van der Waals surface area contributed by atoms with E-state index in [1.54, 1.807) is 7.05 Å². The first-order valence-electron chi connectivity index (χ1n) is 6.49. The van der Waals surface area contributed by atoms with Crippen LogP contribution in [0.1, 0.15) is 26.5 Å². The predicted octanol–water partition coefficient (Wildman–Crippen LogP) is 4.47.